The van der Waals surface area contributed by atoms with Crippen molar-refractivity contribution in [1.29, 1.82) is 5.26 Å². The molecular formula is C26H32N4O. The fourth-order valence-corrected chi connectivity index (χ4v) is 4.75. The molecule has 5 heteroatoms. The van der Waals surface area contributed by atoms with Crippen LogP contribution in [0, 0.1) is 11.3 Å². The zero-order valence-corrected chi connectivity index (χ0v) is 18.2. The highest BCUT2D eigenvalue weighted by Crippen LogP contribution is 2.34. The second kappa shape index (κ2) is 9.98. The van der Waals surface area contributed by atoms with Crippen LogP contribution in [0.1, 0.15) is 42.4 Å². The van der Waals surface area contributed by atoms with E-state index in [1.54, 1.807) is 0 Å². The van der Waals surface area contributed by atoms with Gasteiger partial charge in [-0.2, -0.15) is 5.26 Å². The van der Waals surface area contributed by atoms with Crippen molar-refractivity contribution >= 4 is 6.03 Å². The molecule has 2 aliphatic rings. The van der Waals surface area contributed by atoms with E-state index in [0.29, 0.717) is 32.5 Å². The Morgan fingerprint density at radius 2 is 1.58 bits per heavy atom. The second-order valence-corrected chi connectivity index (χ2v) is 8.83. The van der Waals surface area contributed by atoms with E-state index >= 15 is 0 Å². The number of carbonyl (C=O) groups is 1. The second-order valence-electron chi connectivity index (χ2n) is 8.83. The molecule has 2 amide bonds. The first-order valence-corrected chi connectivity index (χ1v) is 11.5. The highest BCUT2D eigenvalue weighted by atomic mass is 16.2. The third-order valence-electron chi connectivity index (χ3n) is 6.76. The van der Waals surface area contributed by atoms with E-state index in [-0.39, 0.29) is 6.03 Å². The molecule has 0 saturated carbocycles. The Morgan fingerprint density at radius 3 is 2.23 bits per heavy atom. The Balaban J connectivity index is 1.21. The standard InChI is InChI=1S/C26H32N4O/c27-21-26(24-6-2-1-3-7-24)13-18-30(19-14-26)25(31)28-15-12-22-8-10-23(11-9-22)20-29-16-4-5-17-29/h1-3,6-11H,4-5,12-20H2,(H,28,31). The molecule has 2 aromatic rings. The number of piperidine rings is 1. The summed E-state index contributed by atoms with van der Waals surface area (Å²) < 4.78 is 0. The van der Waals surface area contributed by atoms with Gasteiger partial charge in [-0.25, -0.2) is 4.79 Å². The summed E-state index contributed by atoms with van der Waals surface area (Å²) in [5.41, 5.74) is 3.19. The van der Waals surface area contributed by atoms with Crippen LogP contribution in [0.25, 0.3) is 0 Å². The van der Waals surface area contributed by atoms with Crippen molar-refractivity contribution in [2.24, 2.45) is 0 Å². The van der Waals surface area contributed by atoms with Crippen molar-refractivity contribution in [3.63, 3.8) is 0 Å². The lowest BCUT2D eigenvalue weighted by Crippen LogP contribution is -2.48. The minimum Gasteiger partial charge on any atom is -0.338 e. The summed E-state index contributed by atoms with van der Waals surface area (Å²) in [4.78, 5) is 16.9. The van der Waals surface area contributed by atoms with Gasteiger partial charge in [0.25, 0.3) is 0 Å². The molecule has 31 heavy (non-hydrogen) atoms. The number of nitrogens with zero attached hydrogens (tertiary/aromatic N) is 3. The predicted octanol–water partition coefficient (Wildman–Crippen LogP) is 4.09. The molecule has 0 unspecified atom stereocenters. The van der Waals surface area contributed by atoms with Gasteiger partial charge in [-0.15, -0.1) is 0 Å². The molecule has 0 radical (unpaired) electrons. The van der Waals surface area contributed by atoms with Gasteiger partial charge in [0.05, 0.1) is 11.5 Å². The van der Waals surface area contributed by atoms with Gasteiger partial charge in [0.1, 0.15) is 0 Å². The van der Waals surface area contributed by atoms with Gasteiger partial charge in [-0.05, 0) is 61.9 Å². The van der Waals surface area contributed by atoms with E-state index in [1.807, 2.05) is 35.2 Å². The number of amides is 2. The number of urea groups is 1. The molecule has 0 spiro atoms. The molecule has 4 rings (SSSR count). The van der Waals surface area contributed by atoms with Crippen molar-refractivity contribution in [2.75, 3.05) is 32.7 Å². The predicted molar refractivity (Wildman–Crippen MR) is 123 cm³/mol. The Morgan fingerprint density at radius 1 is 0.935 bits per heavy atom. The quantitative estimate of drug-likeness (QED) is 0.772. The van der Waals surface area contributed by atoms with E-state index < -0.39 is 5.41 Å². The SMILES string of the molecule is N#CC1(c2ccccc2)CCN(C(=O)NCCc2ccc(CN3CCCC3)cc2)CC1. The van der Waals surface area contributed by atoms with Crippen LogP contribution in [-0.4, -0.2) is 48.6 Å². The minimum atomic E-state index is -0.477. The molecule has 5 nitrogen and oxygen atoms in total. The summed E-state index contributed by atoms with van der Waals surface area (Å²) >= 11 is 0. The molecule has 2 aromatic carbocycles. The average Bonchev–Trinajstić information content (AvgIpc) is 3.34. The highest BCUT2D eigenvalue weighted by Gasteiger charge is 2.37. The Kier molecular flexibility index (Phi) is 6.89. The number of carbonyl (C=O) groups excluding carboxylic acids is 1. The van der Waals surface area contributed by atoms with Gasteiger partial charge in [0.2, 0.25) is 0 Å². The normalized spacial score (nSPS) is 18.5. The summed E-state index contributed by atoms with van der Waals surface area (Å²) in [6.07, 6.45) is 4.83. The molecule has 0 aromatic heterocycles. The van der Waals surface area contributed by atoms with E-state index in [1.165, 1.54) is 37.1 Å². The summed E-state index contributed by atoms with van der Waals surface area (Å²) in [6, 6.07) is 21.3. The number of benzene rings is 2. The third-order valence-corrected chi connectivity index (χ3v) is 6.76. The van der Waals surface area contributed by atoms with Gasteiger partial charge >= 0.3 is 6.03 Å². The smallest absolute Gasteiger partial charge is 0.317 e. The number of likely N-dealkylation sites (tertiary alicyclic amines) is 2. The molecule has 2 saturated heterocycles. The van der Waals surface area contributed by atoms with E-state index in [0.717, 1.165) is 18.5 Å². The summed E-state index contributed by atoms with van der Waals surface area (Å²) in [6.45, 7) is 5.32. The maximum absolute atomic E-state index is 12.6. The summed E-state index contributed by atoms with van der Waals surface area (Å²) in [7, 11) is 0. The molecular weight excluding hydrogens is 384 g/mol. The first kappa shape index (κ1) is 21.4. The average molecular weight is 417 g/mol. The van der Waals surface area contributed by atoms with Crippen molar-refractivity contribution in [2.45, 2.75) is 44.1 Å². The zero-order chi connectivity index (χ0) is 21.5. The van der Waals surface area contributed by atoms with Crippen LogP contribution in [0.2, 0.25) is 0 Å². The van der Waals surface area contributed by atoms with Crippen molar-refractivity contribution in [3.05, 3.63) is 71.3 Å². The fraction of sp³-hybridized carbons (Fsp3) is 0.462. The number of hydrogen-bond donors (Lipinski definition) is 1. The zero-order valence-electron chi connectivity index (χ0n) is 18.2. The van der Waals surface area contributed by atoms with Crippen LogP contribution in [-0.2, 0) is 18.4 Å². The minimum absolute atomic E-state index is 0.0229. The van der Waals surface area contributed by atoms with Crippen LogP contribution in [0.4, 0.5) is 4.79 Å². The van der Waals surface area contributed by atoms with Crippen LogP contribution in [0.5, 0.6) is 0 Å². The van der Waals surface area contributed by atoms with Gasteiger partial charge in [0, 0.05) is 26.2 Å². The van der Waals surface area contributed by atoms with Crippen LogP contribution < -0.4 is 5.32 Å². The van der Waals surface area contributed by atoms with Crippen LogP contribution >= 0.6 is 0 Å². The summed E-state index contributed by atoms with van der Waals surface area (Å²) in [5, 5.41) is 12.9. The van der Waals surface area contributed by atoms with Crippen molar-refractivity contribution in [1.82, 2.24) is 15.1 Å². The van der Waals surface area contributed by atoms with Gasteiger partial charge in [-0.1, -0.05) is 54.6 Å². The molecule has 2 heterocycles. The number of nitriles is 1. The molecule has 2 aliphatic heterocycles. The van der Waals surface area contributed by atoms with Crippen LogP contribution in [0.15, 0.2) is 54.6 Å². The number of hydrogen-bond acceptors (Lipinski definition) is 3. The Labute approximate surface area is 185 Å². The lowest BCUT2D eigenvalue weighted by atomic mass is 9.74. The molecule has 1 N–H and O–H groups in total. The first-order valence-electron chi connectivity index (χ1n) is 11.5. The molecule has 2 fully saturated rings. The van der Waals surface area contributed by atoms with E-state index in [9.17, 15) is 10.1 Å². The van der Waals surface area contributed by atoms with E-state index in [2.05, 4.69) is 40.6 Å². The van der Waals surface area contributed by atoms with E-state index in [4.69, 9.17) is 0 Å². The highest BCUT2D eigenvalue weighted by molar-refractivity contribution is 5.74. The maximum atomic E-state index is 12.6. The Bertz CT molecular complexity index is 889. The topological polar surface area (TPSA) is 59.4 Å². The molecule has 162 valence electrons. The Hall–Kier alpha value is -2.84. The van der Waals surface area contributed by atoms with Crippen LogP contribution in [0.3, 0.4) is 0 Å². The van der Waals surface area contributed by atoms with Gasteiger partial charge in [0.15, 0.2) is 0 Å². The molecule has 0 bridgehead atoms. The fourth-order valence-electron chi connectivity index (χ4n) is 4.75. The molecule has 0 aliphatic carbocycles. The third kappa shape index (κ3) is 5.26. The lowest BCUT2D eigenvalue weighted by molar-refractivity contribution is 0.171. The van der Waals surface area contributed by atoms with Crippen molar-refractivity contribution < 1.29 is 4.79 Å². The number of nitrogens with one attached hydrogen (secondary N) is 1. The maximum Gasteiger partial charge on any atom is 0.317 e. The summed E-state index contributed by atoms with van der Waals surface area (Å²) in [5.74, 6) is 0. The van der Waals surface area contributed by atoms with Crippen molar-refractivity contribution in [3.8, 4) is 6.07 Å². The lowest BCUT2D eigenvalue weighted by Gasteiger charge is -2.37. The van der Waals surface area contributed by atoms with Gasteiger partial charge < -0.3 is 10.2 Å². The largest absolute Gasteiger partial charge is 0.338 e. The van der Waals surface area contributed by atoms with Gasteiger partial charge in [-0.3, -0.25) is 4.90 Å². The number of rotatable bonds is 6. The molecule has 0 atom stereocenters. The monoisotopic (exact) mass is 416 g/mol. The first-order chi connectivity index (χ1) is 15.2.